The molecule has 3 saturated carbocycles. The van der Waals surface area contributed by atoms with E-state index in [9.17, 15) is 14.7 Å². The Balaban J connectivity index is 1.78. The maximum Gasteiger partial charge on any atom is 0.330 e. The highest BCUT2D eigenvalue weighted by Crippen LogP contribution is 2.63. The van der Waals surface area contributed by atoms with Gasteiger partial charge in [0.1, 0.15) is 12.4 Å². The van der Waals surface area contributed by atoms with Crippen LogP contribution in [0.4, 0.5) is 0 Å². The minimum Gasteiger partial charge on any atom is -0.461 e. The van der Waals surface area contributed by atoms with Crippen molar-refractivity contribution in [1.82, 2.24) is 4.90 Å². The number of aliphatic hydroxyl groups is 1. The van der Waals surface area contributed by atoms with Gasteiger partial charge in [0.2, 0.25) is 0 Å². The maximum absolute atomic E-state index is 13.3. The molecule has 164 valence electrons. The molecule has 0 aliphatic heterocycles. The Labute approximate surface area is 175 Å². The van der Waals surface area contributed by atoms with E-state index in [4.69, 9.17) is 4.74 Å². The number of hydrogen-bond donors (Lipinski definition) is 1. The Morgan fingerprint density at radius 3 is 2.62 bits per heavy atom. The van der Waals surface area contributed by atoms with Gasteiger partial charge < -0.3 is 14.7 Å². The third kappa shape index (κ3) is 4.05. The van der Waals surface area contributed by atoms with Crippen molar-refractivity contribution in [3.05, 3.63) is 11.6 Å². The molecular weight excluding hydrogens is 366 g/mol. The molecule has 0 bridgehead atoms. The number of fused-ring (bicyclic) bond motifs is 3. The molecule has 5 heteroatoms. The van der Waals surface area contributed by atoms with E-state index in [1.54, 1.807) is 6.08 Å². The Bertz CT molecular complexity index is 682. The van der Waals surface area contributed by atoms with Gasteiger partial charge in [-0.05, 0) is 68.4 Å². The quantitative estimate of drug-likeness (QED) is 0.573. The van der Waals surface area contributed by atoms with E-state index in [1.807, 2.05) is 19.0 Å². The first kappa shape index (κ1) is 22.5. The molecule has 0 heterocycles. The lowest BCUT2D eigenvalue weighted by atomic mass is 9.42. The normalized spacial score (nSPS) is 40.5. The first-order chi connectivity index (χ1) is 13.5. The zero-order valence-corrected chi connectivity index (χ0v) is 19.0. The molecule has 29 heavy (non-hydrogen) atoms. The molecule has 0 amide bonds. The molecule has 0 saturated heterocycles. The highest BCUT2D eigenvalue weighted by atomic mass is 16.5. The van der Waals surface area contributed by atoms with Gasteiger partial charge in [0.25, 0.3) is 0 Å². The number of likely N-dealkylation sites (N-methyl/N-ethyl adjacent to an activating group) is 1. The third-order valence-corrected chi connectivity index (χ3v) is 8.52. The molecule has 0 unspecified atom stereocenters. The Morgan fingerprint density at radius 2 is 1.97 bits per heavy atom. The van der Waals surface area contributed by atoms with Gasteiger partial charge in [0, 0.05) is 25.0 Å². The van der Waals surface area contributed by atoms with Crippen LogP contribution < -0.4 is 0 Å². The van der Waals surface area contributed by atoms with Crippen LogP contribution in [-0.2, 0) is 14.3 Å². The molecule has 3 fully saturated rings. The van der Waals surface area contributed by atoms with Gasteiger partial charge in [-0.1, -0.05) is 33.3 Å². The number of ether oxygens (including phenoxy) is 1. The van der Waals surface area contributed by atoms with Crippen molar-refractivity contribution in [2.75, 3.05) is 27.2 Å². The van der Waals surface area contributed by atoms with Crippen LogP contribution in [0.25, 0.3) is 0 Å². The number of ketones is 1. The Kier molecular flexibility index (Phi) is 6.31. The monoisotopic (exact) mass is 405 g/mol. The zero-order chi connectivity index (χ0) is 21.6. The average Bonchev–Trinajstić information content (AvgIpc) is 2.63. The van der Waals surface area contributed by atoms with Crippen molar-refractivity contribution in [1.29, 1.82) is 0 Å². The fourth-order valence-corrected chi connectivity index (χ4v) is 6.63. The van der Waals surface area contributed by atoms with Crippen molar-refractivity contribution in [3.63, 3.8) is 0 Å². The summed E-state index contributed by atoms with van der Waals surface area (Å²) in [6.45, 7) is 9.82. The van der Waals surface area contributed by atoms with Gasteiger partial charge in [-0.2, -0.15) is 0 Å². The second-order valence-electron chi connectivity index (χ2n) is 10.8. The summed E-state index contributed by atoms with van der Waals surface area (Å²) in [5, 5.41) is 10.6. The lowest BCUT2D eigenvalue weighted by molar-refractivity contribution is -0.172. The molecule has 1 N–H and O–H groups in total. The fraction of sp³-hybridized carbons (Fsp3) is 0.833. The molecule has 3 aliphatic rings. The lowest BCUT2D eigenvalue weighted by Crippen LogP contribution is -2.60. The second-order valence-corrected chi connectivity index (χ2v) is 10.8. The molecular formula is C24H39NO4. The van der Waals surface area contributed by atoms with E-state index in [0.717, 1.165) is 31.3 Å². The van der Waals surface area contributed by atoms with Gasteiger partial charge >= 0.3 is 5.97 Å². The smallest absolute Gasteiger partial charge is 0.330 e. The van der Waals surface area contributed by atoms with Crippen LogP contribution in [0.15, 0.2) is 11.6 Å². The third-order valence-electron chi connectivity index (χ3n) is 8.52. The van der Waals surface area contributed by atoms with Crippen LogP contribution >= 0.6 is 0 Å². The SMILES string of the molecule is C[C@H]1/C(=C/C(=O)OCCN(C)C)CC[C@H]2[C@H]1C(=O)C[C@H]1C(C)(C)[C@@H](O)CC[C@]21C. The number of hydrogen-bond acceptors (Lipinski definition) is 5. The summed E-state index contributed by atoms with van der Waals surface area (Å²) < 4.78 is 5.34. The number of carbonyl (C=O) groups excluding carboxylic acids is 2. The number of aliphatic hydroxyl groups excluding tert-OH is 1. The van der Waals surface area contributed by atoms with Gasteiger partial charge in [-0.25, -0.2) is 4.79 Å². The van der Waals surface area contributed by atoms with Crippen molar-refractivity contribution >= 4 is 11.8 Å². The van der Waals surface area contributed by atoms with Crippen molar-refractivity contribution in [2.24, 2.45) is 34.5 Å². The molecule has 5 nitrogen and oxygen atoms in total. The molecule has 3 rings (SSSR count). The first-order valence-electron chi connectivity index (χ1n) is 11.2. The van der Waals surface area contributed by atoms with Gasteiger partial charge in [-0.15, -0.1) is 0 Å². The van der Waals surface area contributed by atoms with E-state index in [0.29, 0.717) is 31.3 Å². The Morgan fingerprint density at radius 1 is 1.28 bits per heavy atom. The highest BCUT2D eigenvalue weighted by molar-refractivity contribution is 5.86. The maximum atomic E-state index is 13.3. The number of Topliss-reactive ketones (excluding diaryl/α,β-unsaturated/α-hetero) is 1. The summed E-state index contributed by atoms with van der Waals surface area (Å²) in [7, 11) is 3.90. The number of carbonyl (C=O) groups is 2. The standard InChI is InChI=1S/C24H39NO4/c1-15-16(13-21(28)29-12-11-25(5)6)7-8-17-22(15)18(26)14-19-23(2,3)20(27)9-10-24(17,19)4/h13,15,17,19-20,22,27H,7-12,14H2,1-6H3/b16-13+/t15-,17-,19-,20-,22-,24+/m0/s1. The predicted octanol–water partition coefficient (Wildman–Crippen LogP) is 3.46. The number of allylic oxidation sites excluding steroid dienone is 1. The average molecular weight is 406 g/mol. The van der Waals surface area contributed by atoms with E-state index in [1.165, 1.54) is 0 Å². The van der Waals surface area contributed by atoms with Crippen LogP contribution in [0, 0.1) is 34.5 Å². The molecule has 3 aliphatic carbocycles. The summed E-state index contributed by atoms with van der Waals surface area (Å²) in [5.74, 6) is 0.645. The van der Waals surface area contributed by atoms with Crippen LogP contribution in [0.3, 0.4) is 0 Å². The van der Waals surface area contributed by atoms with Gasteiger partial charge in [0.15, 0.2) is 0 Å². The minimum absolute atomic E-state index is 0.0168. The molecule has 0 spiro atoms. The molecule has 0 aromatic carbocycles. The summed E-state index contributed by atoms with van der Waals surface area (Å²) in [5.41, 5.74) is 0.905. The van der Waals surface area contributed by atoms with Gasteiger partial charge in [-0.3, -0.25) is 4.79 Å². The van der Waals surface area contributed by atoms with Crippen LogP contribution in [-0.4, -0.2) is 55.1 Å². The second kappa shape index (κ2) is 8.14. The van der Waals surface area contributed by atoms with Crippen LogP contribution in [0.2, 0.25) is 0 Å². The van der Waals surface area contributed by atoms with E-state index in [2.05, 4.69) is 27.7 Å². The lowest BCUT2D eigenvalue weighted by Gasteiger charge is -2.62. The summed E-state index contributed by atoms with van der Waals surface area (Å²) in [4.78, 5) is 27.5. The van der Waals surface area contributed by atoms with E-state index in [-0.39, 0.29) is 40.7 Å². The van der Waals surface area contributed by atoms with Crippen molar-refractivity contribution in [2.45, 2.75) is 65.9 Å². The summed E-state index contributed by atoms with van der Waals surface area (Å²) in [6.07, 6.45) is 5.44. The van der Waals surface area contributed by atoms with Gasteiger partial charge in [0.05, 0.1) is 6.10 Å². The predicted molar refractivity (Wildman–Crippen MR) is 113 cm³/mol. The topological polar surface area (TPSA) is 66.8 Å². The molecule has 6 atom stereocenters. The largest absolute Gasteiger partial charge is 0.461 e. The van der Waals surface area contributed by atoms with Crippen molar-refractivity contribution in [3.8, 4) is 0 Å². The molecule has 0 aromatic heterocycles. The summed E-state index contributed by atoms with van der Waals surface area (Å²) >= 11 is 0. The number of nitrogens with zero attached hydrogens (tertiary/aromatic N) is 1. The van der Waals surface area contributed by atoms with Crippen LogP contribution in [0.1, 0.15) is 59.8 Å². The molecule has 0 radical (unpaired) electrons. The Hall–Kier alpha value is -1.20. The zero-order valence-electron chi connectivity index (χ0n) is 19.0. The summed E-state index contributed by atoms with van der Waals surface area (Å²) in [6, 6.07) is 0. The first-order valence-corrected chi connectivity index (χ1v) is 11.2. The van der Waals surface area contributed by atoms with Crippen LogP contribution in [0.5, 0.6) is 0 Å². The van der Waals surface area contributed by atoms with E-state index >= 15 is 0 Å². The van der Waals surface area contributed by atoms with E-state index < -0.39 is 0 Å². The minimum atomic E-state index is -0.335. The molecule has 0 aromatic rings. The number of esters is 1. The highest BCUT2D eigenvalue weighted by Gasteiger charge is 2.61. The fourth-order valence-electron chi connectivity index (χ4n) is 6.63. The number of rotatable bonds is 4. The van der Waals surface area contributed by atoms with Crippen molar-refractivity contribution < 1.29 is 19.4 Å².